The fourth-order valence-corrected chi connectivity index (χ4v) is 1.87. The van der Waals surface area contributed by atoms with Gasteiger partial charge in [0.25, 0.3) is 0 Å². The Hall–Kier alpha value is -0.860. The molecule has 2 unspecified atom stereocenters. The highest BCUT2D eigenvalue weighted by atomic mass is 16.3. The summed E-state index contributed by atoms with van der Waals surface area (Å²) in [6, 6.07) is 10.1. The van der Waals surface area contributed by atoms with E-state index in [-0.39, 0.29) is 5.92 Å². The second kappa shape index (κ2) is 5.13. The van der Waals surface area contributed by atoms with Gasteiger partial charge < -0.3 is 10.8 Å². The van der Waals surface area contributed by atoms with Crippen LogP contribution in [0.15, 0.2) is 30.3 Å². The van der Waals surface area contributed by atoms with Gasteiger partial charge in [-0.3, -0.25) is 0 Å². The first kappa shape index (κ1) is 11.2. The number of hydrogen-bond acceptors (Lipinski definition) is 2. The van der Waals surface area contributed by atoms with Crippen molar-refractivity contribution in [2.75, 3.05) is 6.54 Å². The minimum Gasteiger partial charge on any atom is -0.391 e. The molecule has 0 saturated heterocycles. The van der Waals surface area contributed by atoms with Gasteiger partial charge >= 0.3 is 0 Å². The molecule has 0 radical (unpaired) electrons. The first-order valence-electron chi connectivity index (χ1n) is 5.10. The molecule has 2 heteroatoms. The molecular formula is C12H19NO. The van der Waals surface area contributed by atoms with E-state index in [0.29, 0.717) is 12.5 Å². The van der Waals surface area contributed by atoms with Crippen molar-refractivity contribution in [1.29, 1.82) is 0 Å². The molecule has 0 aliphatic heterocycles. The van der Waals surface area contributed by atoms with Crippen LogP contribution in [0.2, 0.25) is 0 Å². The number of hydrogen-bond donors (Lipinski definition) is 2. The maximum Gasteiger partial charge on any atom is 0.0733 e. The molecule has 0 aromatic heterocycles. The smallest absolute Gasteiger partial charge is 0.0733 e. The van der Waals surface area contributed by atoms with E-state index >= 15 is 0 Å². The van der Waals surface area contributed by atoms with Gasteiger partial charge in [0.2, 0.25) is 0 Å². The fraction of sp³-hybridized carbons (Fsp3) is 0.500. The molecule has 0 fully saturated rings. The minimum atomic E-state index is -0.447. The summed E-state index contributed by atoms with van der Waals surface area (Å²) in [5.41, 5.74) is 6.67. The van der Waals surface area contributed by atoms with Crippen LogP contribution in [0.4, 0.5) is 0 Å². The molecule has 14 heavy (non-hydrogen) atoms. The molecule has 0 aliphatic rings. The van der Waals surface area contributed by atoms with Gasteiger partial charge in [-0.25, -0.2) is 0 Å². The van der Waals surface area contributed by atoms with Crippen LogP contribution in [-0.2, 0) is 0 Å². The average Bonchev–Trinajstić information content (AvgIpc) is 2.19. The molecule has 0 spiro atoms. The van der Waals surface area contributed by atoms with Gasteiger partial charge in [0.1, 0.15) is 0 Å². The highest BCUT2D eigenvalue weighted by Crippen LogP contribution is 2.27. The molecule has 3 N–H and O–H groups in total. The van der Waals surface area contributed by atoms with Crippen molar-refractivity contribution >= 4 is 0 Å². The van der Waals surface area contributed by atoms with Gasteiger partial charge in [-0.1, -0.05) is 44.2 Å². The standard InChI is InChI=1S/C12H19NO/c1-9(2)12(11(14)8-13)10-6-4-3-5-7-10/h3-7,9,11-12,14H,8,13H2,1-2H3. The molecule has 1 aromatic carbocycles. The Labute approximate surface area is 85.8 Å². The normalized spacial score (nSPS) is 15.5. The predicted octanol–water partition coefficient (Wildman–Crippen LogP) is 1.75. The van der Waals surface area contributed by atoms with Crippen LogP contribution in [0.1, 0.15) is 25.3 Å². The summed E-state index contributed by atoms with van der Waals surface area (Å²) in [5, 5.41) is 9.82. The summed E-state index contributed by atoms with van der Waals surface area (Å²) < 4.78 is 0. The van der Waals surface area contributed by atoms with Crippen molar-refractivity contribution in [2.45, 2.75) is 25.9 Å². The Morgan fingerprint density at radius 2 is 1.79 bits per heavy atom. The van der Waals surface area contributed by atoms with E-state index in [1.54, 1.807) is 0 Å². The number of rotatable bonds is 4. The van der Waals surface area contributed by atoms with E-state index in [0.717, 1.165) is 0 Å². The second-order valence-corrected chi connectivity index (χ2v) is 3.98. The number of nitrogens with two attached hydrogens (primary N) is 1. The molecule has 0 amide bonds. The molecule has 0 heterocycles. The van der Waals surface area contributed by atoms with E-state index < -0.39 is 6.10 Å². The maximum absolute atomic E-state index is 9.82. The molecule has 0 aliphatic carbocycles. The highest BCUT2D eigenvalue weighted by molar-refractivity contribution is 5.21. The first-order chi connectivity index (χ1) is 6.66. The summed E-state index contributed by atoms with van der Waals surface area (Å²) in [7, 11) is 0. The van der Waals surface area contributed by atoms with E-state index in [4.69, 9.17) is 5.73 Å². The van der Waals surface area contributed by atoms with Crippen LogP contribution < -0.4 is 5.73 Å². The SMILES string of the molecule is CC(C)C(c1ccccc1)C(O)CN. The second-order valence-electron chi connectivity index (χ2n) is 3.98. The number of aliphatic hydroxyl groups is 1. The quantitative estimate of drug-likeness (QED) is 0.765. The lowest BCUT2D eigenvalue weighted by molar-refractivity contribution is 0.130. The maximum atomic E-state index is 9.82. The van der Waals surface area contributed by atoms with Gasteiger partial charge in [-0.2, -0.15) is 0 Å². The van der Waals surface area contributed by atoms with Crippen LogP contribution in [0.25, 0.3) is 0 Å². The first-order valence-corrected chi connectivity index (χ1v) is 5.10. The van der Waals surface area contributed by atoms with Crippen molar-refractivity contribution in [3.63, 3.8) is 0 Å². The topological polar surface area (TPSA) is 46.2 Å². The van der Waals surface area contributed by atoms with Gasteiger partial charge in [0, 0.05) is 12.5 Å². The minimum absolute atomic E-state index is 0.140. The van der Waals surface area contributed by atoms with Gasteiger partial charge in [-0.15, -0.1) is 0 Å². The largest absolute Gasteiger partial charge is 0.391 e. The predicted molar refractivity (Wildman–Crippen MR) is 59.1 cm³/mol. The Bertz CT molecular complexity index is 258. The number of benzene rings is 1. The van der Waals surface area contributed by atoms with Crippen molar-refractivity contribution < 1.29 is 5.11 Å². The van der Waals surface area contributed by atoms with E-state index in [2.05, 4.69) is 13.8 Å². The van der Waals surface area contributed by atoms with E-state index in [9.17, 15) is 5.11 Å². The third-order valence-electron chi connectivity index (χ3n) is 2.56. The van der Waals surface area contributed by atoms with Crippen molar-refractivity contribution in [1.82, 2.24) is 0 Å². The lowest BCUT2D eigenvalue weighted by atomic mass is 9.84. The molecule has 2 atom stereocenters. The molecule has 1 aromatic rings. The molecule has 0 bridgehead atoms. The molecule has 1 rings (SSSR count). The lowest BCUT2D eigenvalue weighted by Crippen LogP contribution is -2.30. The Morgan fingerprint density at radius 1 is 1.21 bits per heavy atom. The summed E-state index contributed by atoms with van der Waals surface area (Å²) in [6.45, 7) is 4.53. The summed E-state index contributed by atoms with van der Waals surface area (Å²) in [4.78, 5) is 0. The van der Waals surface area contributed by atoms with Crippen LogP contribution >= 0.6 is 0 Å². The summed E-state index contributed by atoms with van der Waals surface area (Å²) >= 11 is 0. The summed E-state index contributed by atoms with van der Waals surface area (Å²) in [6.07, 6.45) is -0.447. The highest BCUT2D eigenvalue weighted by Gasteiger charge is 2.22. The van der Waals surface area contributed by atoms with Gasteiger partial charge in [0.05, 0.1) is 6.10 Å². The Balaban J connectivity index is 2.89. The number of aliphatic hydroxyl groups excluding tert-OH is 1. The van der Waals surface area contributed by atoms with Crippen LogP contribution in [0, 0.1) is 5.92 Å². The van der Waals surface area contributed by atoms with E-state index in [1.165, 1.54) is 5.56 Å². The van der Waals surface area contributed by atoms with E-state index in [1.807, 2.05) is 30.3 Å². The van der Waals surface area contributed by atoms with Crippen molar-refractivity contribution in [3.05, 3.63) is 35.9 Å². The van der Waals surface area contributed by atoms with Crippen LogP contribution in [0.3, 0.4) is 0 Å². The van der Waals surface area contributed by atoms with Crippen LogP contribution in [-0.4, -0.2) is 17.8 Å². The third-order valence-corrected chi connectivity index (χ3v) is 2.56. The summed E-state index contributed by atoms with van der Waals surface area (Å²) in [5.74, 6) is 0.539. The van der Waals surface area contributed by atoms with Gasteiger partial charge in [-0.05, 0) is 11.5 Å². The molecular weight excluding hydrogens is 174 g/mol. The van der Waals surface area contributed by atoms with Crippen LogP contribution in [0.5, 0.6) is 0 Å². The Kier molecular flexibility index (Phi) is 4.11. The third kappa shape index (κ3) is 2.56. The zero-order valence-corrected chi connectivity index (χ0v) is 8.85. The molecule has 78 valence electrons. The monoisotopic (exact) mass is 193 g/mol. The zero-order valence-electron chi connectivity index (χ0n) is 8.85. The lowest BCUT2D eigenvalue weighted by Gasteiger charge is -2.25. The average molecular weight is 193 g/mol. The Morgan fingerprint density at radius 3 is 2.21 bits per heavy atom. The molecule has 2 nitrogen and oxygen atoms in total. The molecule has 0 saturated carbocycles. The van der Waals surface area contributed by atoms with Crippen molar-refractivity contribution in [3.8, 4) is 0 Å². The van der Waals surface area contributed by atoms with Gasteiger partial charge in [0.15, 0.2) is 0 Å². The van der Waals surface area contributed by atoms with Crippen molar-refractivity contribution in [2.24, 2.45) is 11.7 Å². The zero-order chi connectivity index (χ0) is 10.6. The fourth-order valence-electron chi connectivity index (χ4n) is 1.87.